The first-order valence-corrected chi connectivity index (χ1v) is 11.0. The van der Waals surface area contributed by atoms with E-state index in [-0.39, 0.29) is 11.4 Å². The molecule has 5 nitrogen and oxygen atoms in total. The molecule has 2 heterocycles. The Morgan fingerprint density at radius 3 is 2.39 bits per heavy atom. The topological polar surface area (TPSA) is 51.0 Å². The van der Waals surface area contributed by atoms with Crippen LogP contribution >= 0.6 is 0 Å². The molecule has 0 N–H and O–H groups in total. The van der Waals surface area contributed by atoms with Crippen LogP contribution in [-0.2, 0) is 5.54 Å². The summed E-state index contributed by atoms with van der Waals surface area (Å²) in [5.74, 6) is 1.39. The zero-order chi connectivity index (χ0) is 19.8. The fraction of sp³-hybridized carbons (Fsp3) is 0.696. The van der Waals surface area contributed by atoms with Crippen LogP contribution in [0.4, 0.5) is 0 Å². The Bertz CT molecular complexity index is 942. The number of rotatable bonds is 5. The minimum absolute atomic E-state index is 0.167. The number of carbonyl (C=O) groups excluding carboxylic acids is 1. The van der Waals surface area contributed by atoms with Crippen molar-refractivity contribution in [2.45, 2.75) is 96.7 Å². The number of amides is 1. The molecule has 1 amide bonds. The van der Waals surface area contributed by atoms with E-state index in [1.807, 2.05) is 11.6 Å². The van der Waals surface area contributed by atoms with E-state index in [1.54, 1.807) is 0 Å². The molecule has 0 bridgehead atoms. The van der Waals surface area contributed by atoms with E-state index in [2.05, 4.69) is 38.7 Å². The lowest BCUT2D eigenvalue weighted by Gasteiger charge is -2.30. The molecule has 3 aliphatic carbocycles. The molecular formula is C23H32N4O. The number of fused-ring (bicyclic) bond motifs is 1. The maximum Gasteiger partial charge on any atom is 0.255 e. The molecule has 3 aliphatic rings. The molecule has 5 rings (SSSR count). The predicted octanol–water partition coefficient (Wildman–Crippen LogP) is 4.78. The van der Waals surface area contributed by atoms with E-state index in [0.717, 1.165) is 40.8 Å². The van der Waals surface area contributed by atoms with Crippen molar-refractivity contribution in [3.63, 3.8) is 0 Å². The van der Waals surface area contributed by atoms with Gasteiger partial charge in [-0.05, 0) is 85.1 Å². The van der Waals surface area contributed by atoms with Gasteiger partial charge < -0.3 is 4.90 Å². The van der Waals surface area contributed by atoms with Crippen LogP contribution in [0.15, 0.2) is 6.07 Å². The summed E-state index contributed by atoms with van der Waals surface area (Å²) in [6.45, 7) is 10.7. The summed E-state index contributed by atoms with van der Waals surface area (Å²) in [7, 11) is 0. The fourth-order valence-corrected chi connectivity index (χ4v) is 4.51. The number of nitrogens with zero attached hydrogens (tertiary/aromatic N) is 4. The number of hydrogen-bond donors (Lipinski definition) is 0. The monoisotopic (exact) mass is 380 g/mol. The van der Waals surface area contributed by atoms with Gasteiger partial charge in [0.2, 0.25) is 0 Å². The van der Waals surface area contributed by atoms with Crippen molar-refractivity contribution in [2.24, 2.45) is 5.92 Å². The van der Waals surface area contributed by atoms with Crippen LogP contribution in [0.2, 0.25) is 0 Å². The molecule has 0 spiro atoms. The highest BCUT2D eigenvalue weighted by molar-refractivity contribution is 6.07. The second-order valence-electron chi connectivity index (χ2n) is 10.3. The summed E-state index contributed by atoms with van der Waals surface area (Å²) >= 11 is 0. The molecule has 3 fully saturated rings. The Morgan fingerprint density at radius 2 is 1.86 bits per heavy atom. The van der Waals surface area contributed by atoms with Gasteiger partial charge in [0, 0.05) is 23.7 Å². The zero-order valence-electron chi connectivity index (χ0n) is 17.8. The Labute approximate surface area is 167 Å². The SMILES string of the molecule is Cc1nn(C(C)(C)C)c2nc(C3CC3)cc(C(=O)N(C3CC3)[C@H](C)C3CC3)c12. The Kier molecular flexibility index (Phi) is 3.91. The largest absolute Gasteiger partial charge is 0.333 e. The molecule has 0 unspecified atom stereocenters. The van der Waals surface area contributed by atoms with Gasteiger partial charge in [0.15, 0.2) is 5.65 Å². The molecule has 5 heteroatoms. The number of hydrogen-bond acceptors (Lipinski definition) is 3. The fourth-order valence-electron chi connectivity index (χ4n) is 4.51. The van der Waals surface area contributed by atoms with Crippen LogP contribution in [0.3, 0.4) is 0 Å². The summed E-state index contributed by atoms with van der Waals surface area (Å²) in [5.41, 5.74) is 3.54. The standard InChI is InChI=1S/C23H32N4O/c1-13-20-18(22(28)26(17-10-11-17)14(2)15-6-7-15)12-19(16-8-9-16)24-21(20)27(25-13)23(3,4)5/h12,14-17H,6-11H2,1-5H3/t14-/m1/s1. The van der Waals surface area contributed by atoms with Crippen molar-refractivity contribution in [1.82, 2.24) is 19.7 Å². The number of aromatic nitrogens is 3. The lowest BCUT2D eigenvalue weighted by atomic mass is 10.0. The zero-order valence-corrected chi connectivity index (χ0v) is 17.8. The first-order valence-electron chi connectivity index (χ1n) is 11.0. The van der Waals surface area contributed by atoms with Gasteiger partial charge in [-0.15, -0.1) is 0 Å². The van der Waals surface area contributed by atoms with Gasteiger partial charge in [0.05, 0.1) is 22.2 Å². The van der Waals surface area contributed by atoms with Gasteiger partial charge in [-0.25, -0.2) is 9.67 Å². The van der Waals surface area contributed by atoms with Crippen LogP contribution in [-0.4, -0.2) is 37.7 Å². The Hall–Kier alpha value is -1.91. The van der Waals surface area contributed by atoms with Crippen LogP contribution < -0.4 is 0 Å². The van der Waals surface area contributed by atoms with Crippen LogP contribution in [0, 0.1) is 12.8 Å². The lowest BCUT2D eigenvalue weighted by molar-refractivity contribution is 0.0656. The highest BCUT2D eigenvalue weighted by Gasteiger charge is 2.43. The van der Waals surface area contributed by atoms with E-state index < -0.39 is 0 Å². The van der Waals surface area contributed by atoms with Gasteiger partial charge in [-0.2, -0.15) is 5.10 Å². The molecule has 28 heavy (non-hydrogen) atoms. The lowest BCUT2D eigenvalue weighted by Crippen LogP contribution is -2.41. The first kappa shape index (κ1) is 18.1. The highest BCUT2D eigenvalue weighted by Crippen LogP contribution is 2.43. The summed E-state index contributed by atoms with van der Waals surface area (Å²) < 4.78 is 2.02. The molecule has 3 saturated carbocycles. The van der Waals surface area contributed by atoms with E-state index in [9.17, 15) is 4.79 Å². The maximum atomic E-state index is 13.9. The van der Waals surface area contributed by atoms with Crippen LogP contribution in [0.1, 0.15) is 93.9 Å². The predicted molar refractivity (Wildman–Crippen MR) is 111 cm³/mol. The molecule has 2 aromatic rings. The van der Waals surface area contributed by atoms with Gasteiger partial charge in [-0.1, -0.05) is 0 Å². The number of pyridine rings is 1. The van der Waals surface area contributed by atoms with Crippen molar-refractivity contribution in [3.05, 3.63) is 23.0 Å². The van der Waals surface area contributed by atoms with Crippen molar-refractivity contribution in [1.29, 1.82) is 0 Å². The molecular weight excluding hydrogens is 348 g/mol. The van der Waals surface area contributed by atoms with Gasteiger partial charge in [0.1, 0.15) is 0 Å². The quantitative estimate of drug-likeness (QED) is 0.750. The van der Waals surface area contributed by atoms with E-state index in [1.165, 1.54) is 25.7 Å². The third kappa shape index (κ3) is 3.03. The van der Waals surface area contributed by atoms with Crippen molar-refractivity contribution < 1.29 is 4.79 Å². The molecule has 2 aromatic heterocycles. The number of aryl methyl sites for hydroxylation is 1. The number of carbonyl (C=O) groups is 1. The Morgan fingerprint density at radius 1 is 1.18 bits per heavy atom. The normalized spacial score (nSPS) is 21.2. The molecule has 1 atom stereocenters. The van der Waals surface area contributed by atoms with Gasteiger partial charge in [-0.3, -0.25) is 4.79 Å². The smallest absolute Gasteiger partial charge is 0.255 e. The van der Waals surface area contributed by atoms with Crippen molar-refractivity contribution in [2.75, 3.05) is 0 Å². The summed E-state index contributed by atoms with van der Waals surface area (Å²) in [5, 5.41) is 5.78. The third-order valence-electron chi connectivity index (χ3n) is 6.61. The van der Waals surface area contributed by atoms with E-state index >= 15 is 0 Å². The summed E-state index contributed by atoms with van der Waals surface area (Å²) in [4.78, 5) is 21.1. The van der Waals surface area contributed by atoms with Crippen molar-refractivity contribution in [3.8, 4) is 0 Å². The second kappa shape index (κ2) is 6.04. The van der Waals surface area contributed by atoms with Crippen LogP contribution in [0.25, 0.3) is 11.0 Å². The molecule has 0 aromatic carbocycles. The average molecular weight is 381 g/mol. The minimum Gasteiger partial charge on any atom is -0.333 e. The molecule has 0 radical (unpaired) electrons. The third-order valence-corrected chi connectivity index (χ3v) is 6.61. The van der Waals surface area contributed by atoms with E-state index in [0.29, 0.717) is 23.9 Å². The van der Waals surface area contributed by atoms with Gasteiger partial charge >= 0.3 is 0 Å². The molecule has 0 saturated heterocycles. The van der Waals surface area contributed by atoms with Gasteiger partial charge in [0.25, 0.3) is 5.91 Å². The van der Waals surface area contributed by atoms with Crippen LogP contribution in [0.5, 0.6) is 0 Å². The summed E-state index contributed by atoms with van der Waals surface area (Å²) in [6, 6.07) is 2.86. The molecule has 0 aliphatic heterocycles. The first-order chi connectivity index (χ1) is 13.3. The highest BCUT2D eigenvalue weighted by atomic mass is 16.2. The minimum atomic E-state index is -0.167. The summed E-state index contributed by atoms with van der Waals surface area (Å²) in [6.07, 6.45) is 7.17. The van der Waals surface area contributed by atoms with Crippen molar-refractivity contribution >= 4 is 16.9 Å². The Balaban J connectivity index is 1.67. The van der Waals surface area contributed by atoms with E-state index in [4.69, 9.17) is 10.1 Å². The second-order valence-corrected chi connectivity index (χ2v) is 10.3. The average Bonchev–Trinajstić information content (AvgIpc) is 3.49. The molecule has 150 valence electrons. The maximum absolute atomic E-state index is 13.9.